The number of likely N-dealkylation sites (N-methyl/N-ethyl adjacent to an activating group) is 2. The zero-order chi connectivity index (χ0) is 24.4. The third-order valence-electron chi connectivity index (χ3n) is 5.91. The summed E-state index contributed by atoms with van der Waals surface area (Å²) in [6, 6.07) is 9.20. The summed E-state index contributed by atoms with van der Waals surface area (Å²) in [6.07, 6.45) is 1.20. The number of non-ortho nitro benzene ring substituents is 2. The predicted molar refractivity (Wildman–Crippen MR) is 129 cm³/mol. The third-order valence-corrected chi connectivity index (χ3v) is 5.91. The van der Waals surface area contributed by atoms with E-state index in [1.807, 2.05) is 0 Å². The van der Waals surface area contributed by atoms with Crippen molar-refractivity contribution in [1.29, 1.82) is 0 Å². The molecular formula is C24H34N4O5. The molecule has 9 heteroatoms. The Morgan fingerprint density at radius 3 is 1.36 bits per heavy atom. The molecule has 0 aliphatic rings. The van der Waals surface area contributed by atoms with Crippen molar-refractivity contribution in [1.82, 2.24) is 9.80 Å². The minimum Gasteiger partial charge on any atom is -0.457 e. The summed E-state index contributed by atoms with van der Waals surface area (Å²) in [5.41, 5.74) is 1.51. The van der Waals surface area contributed by atoms with Gasteiger partial charge in [-0.3, -0.25) is 20.2 Å². The van der Waals surface area contributed by atoms with Crippen LogP contribution in [-0.4, -0.2) is 58.9 Å². The average molecular weight is 459 g/mol. The topological polar surface area (TPSA) is 102 Å². The van der Waals surface area contributed by atoms with Gasteiger partial charge in [-0.2, -0.15) is 0 Å². The molecule has 33 heavy (non-hydrogen) atoms. The van der Waals surface area contributed by atoms with E-state index in [0.717, 1.165) is 50.4 Å². The van der Waals surface area contributed by atoms with Crippen molar-refractivity contribution in [2.24, 2.45) is 0 Å². The number of hydrogen-bond acceptors (Lipinski definition) is 7. The molecule has 0 fully saturated rings. The Morgan fingerprint density at radius 2 is 1.06 bits per heavy atom. The van der Waals surface area contributed by atoms with E-state index < -0.39 is 9.85 Å². The zero-order valence-electron chi connectivity index (χ0n) is 20.0. The molecule has 2 rings (SSSR count). The second-order valence-corrected chi connectivity index (χ2v) is 7.75. The number of nitro benzene ring substituents is 2. The number of benzene rings is 2. The minimum atomic E-state index is -0.411. The fourth-order valence-corrected chi connectivity index (χ4v) is 3.70. The summed E-state index contributed by atoms with van der Waals surface area (Å²) >= 11 is 0. The van der Waals surface area contributed by atoms with Crippen LogP contribution in [-0.2, 0) is 12.8 Å². The molecule has 2 aromatic carbocycles. The lowest BCUT2D eigenvalue weighted by atomic mass is 10.1. The molecule has 2 aromatic rings. The number of ether oxygens (including phenoxy) is 1. The van der Waals surface area contributed by atoms with Gasteiger partial charge >= 0.3 is 0 Å². The summed E-state index contributed by atoms with van der Waals surface area (Å²) in [7, 11) is 0. The Kier molecular flexibility index (Phi) is 10.2. The molecule has 0 bridgehead atoms. The first-order chi connectivity index (χ1) is 15.8. The lowest BCUT2D eigenvalue weighted by Gasteiger charge is -2.20. The lowest BCUT2D eigenvalue weighted by molar-refractivity contribution is -0.385. The summed E-state index contributed by atoms with van der Waals surface area (Å²) in [6.45, 7) is 13.4. The van der Waals surface area contributed by atoms with Crippen molar-refractivity contribution in [3.05, 3.63) is 67.8 Å². The Hall–Kier alpha value is -3.04. The highest BCUT2D eigenvalue weighted by Crippen LogP contribution is 2.33. The molecule has 0 unspecified atom stereocenters. The first kappa shape index (κ1) is 26.2. The Balaban J connectivity index is 2.38. The van der Waals surface area contributed by atoms with Gasteiger partial charge in [0.25, 0.3) is 11.4 Å². The van der Waals surface area contributed by atoms with Crippen LogP contribution in [0.15, 0.2) is 36.4 Å². The first-order valence-electron chi connectivity index (χ1n) is 11.5. The third kappa shape index (κ3) is 7.50. The van der Waals surface area contributed by atoms with Crippen LogP contribution in [0, 0.1) is 20.2 Å². The molecule has 0 aliphatic carbocycles. The molecule has 0 saturated heterocycles. The Morgan fingerprint density at radius 1 is 0.697 bits per heavy atom. The molecule has 0 saturated carbocycles. The van der Waals surface area contributed by atoms with E-state index >= 15 is 0 Å². The van der Waals surface area contributed by atoms with E-state index in [4.69, 9.17) is 4.74 Å². The van der Waals surface area contributed by atoms with Crippen molar-refractivity contribution in [2.75, 3.05) is 39.3 Å². The van der Waals surface area contributed by atoms with Crippen LogP contribution in [0.3, 0.4) is 0 Å². The van der Waals surface area contributed by atoms with Gasteiger partial charge in [-0.1, -0.05) is 27.7 Å². The van der Waals surface area contributed by atoms with Crippen LogP contribution in [0.4, 0.5) is 11.4 Å². The first-order valence-corrected chi connectivity index (χ1v) is 11.5. The zero-order valence-corrected chi connectivity index (χ0v) is 20.0. The standard InChI is InChI=1S/C24H34N4O5/c1-5-25(6-2)15-13-19-17-21(27(29)30)9-11-23(19)33-24-12-10-22(28(31)32)18-20(24)14-16-26(7-3)8-4/h9-12,17-18H,5-8,13-16H2,1-4H3. The quantitative estimate of drug-likeness (QED) is 0.288. The monoisotopic (exact) mass is 458 g/mol. The van der Waals surface area contributed by atoms with Crippen LogP contribution in [0.1, 0.15) is 38.8 Å². The highest BCUT2D eigenvalue weighted by Gasteiger charge is 2.17. The second kappa shape index (κ2) is 12.9. The van der Waals surface area contributed by atoms with Gasteiger partial charge in [0.15, 0.2) is 0 Å². The molecule has 0 radical (unpaired) electrons. The van der Waals surface area contributed by atoms with Gasteiger partial charge in [0.2, 0.25) is 0 Å². The van der Waals surface area contributed by atoms with Gasteiger partial charge in [-0.25, -0.2) is 0 Å². The molecule has 0 amide bonds. The van der Waals surface area contributed by atoms with Crippen LogP contribution >= 0.6 is 0 Å². The molecule has 180 valence electrons. The maximum absolute atomic E-state index is 11.3. The van der Waals surface area contributed by atoms with Gasteiger partial charge in [0.05, 0.1) is 9.85 Å². The van der Waals surface area contributed by atoms with Crippen LogP contribution in [0.2, 0.25) is 0 Å². The molecule has 0 N–H and O–H groups in total. The average Bonchev–Trinajstić information content (AvgIpc) is 2.81. The number of rotatable bonds is 14. The summed E-state index contributed by atoms with van der Waals surface area (Å²) in [5, 5.41) is 22.6. The Bertz CT molecular complexity index is 867. The maximum atomic E-state index is 11.3. The van der Waals surface area contributed by atoms with Crippen LogP contribution in [0.5, 0.6) is 11.5 Å². The molecule has 0 atom stereocenters. The van der Waals surface area contributed by atoms with Gasteiger partial charge < -0.3 is 14.5 Å². The smallest absolute Gasteiger partial charge is 0.269 e. The minimum absolute atomic E-state index is 0.0161. The summed E-state index contributed by atoms with van der Waals surface area (Å²) in [5.74, 6) is 1.07. The van der Waals surface area contributed by atoms with Gasteiger partial charge in [0, 0.05) is 48.5 Å². The fraction of sp³-hybridized carbons (Fsp3) is 0.500. The van der Waals surface area contributed by atoms with Gasteiger partial charge in [-0.05, 0) is 51.2 Å². The number of nitrogens with zero attached hydrogens (tertiary/aromatic N) is 4. The van der Waals surface area contributed by atoms with Crippen LogP contribution < -0.4 is 4.74 Å². The van der Waals surface area contributed by atoms with Gasteiger partial charge in [-0.15, -0.1) is 0 Å². The highest BCUT2D eigenvalue weighted by atomic mass is 16.6. The van der Waals surface area contributed by atoms with E-state index in [0.29, 0.717) is 24.3 Å². The molecular weight excluding hydrogens is 424 g/mol. The summed E-state index contributed by atoms with van der Waals surface area (Å²) in [4.78, 5) is 26.3. The number of hydrogen-bond donors (Lipinski definition) is 0. The van der Waals surface area contributed by atoms with Gasteiger partial charge in [0.1, 0.15) is 11.5 Å². The SMILES string of the molecule is CCN(CC)CCc1cc([N+](=O)[O-])ccc1Oc1ccc([N+](=O)[O-])cc1CCN(CC)CC. The van der Waals surface area contributed by atoms with E-state index in [2.05, 4.69) is 37.5 Å². The highest BCUT2D eigenvalue weighted by molar-refractivity contribution is 5.49. The normalized spacial score (nSPS) is 11.2. The molecule has 9 nitrogen and oxygen atoms in total. The largest absolute Gasteiger partial charge is 0.457 e. The van der Waals surface area contributed by atoms with Crippen molar-refractivity contribution < 1.29 is 14.6 Å². The predicted octanol–water partition coefficient (Wildman–Crippen LogP) is 5.06. The Labute approximate surface area is 195 Å². The second-order valence-electron chi connectivity index (χ2n) is 7.75. The fourth-order valence-electron chi connectivity index (χ4n) is 3.70. The van der Waals surface area contributed by atoms with E-state index in [-0.39, 0.29) is 11.4 Å². The van der Waals surface area contributed by atoms with Crippen molar-refractivity contribution >= 4 is 11.4 Å². The van der Waals surface area contributed by atoms with Crippen molar-refractivity contribution in [2.45, 2.75) is 40.5 Å². The summed E-state index contributed by atoms with van der Waals surface area (Å²) < 4.78 is 6.23. The van der Waals surface area contributed by atoms with Crippen molar-refractivity contribution in [3.63, 3.8) is 0 Å². The molecule has 0 aromatic heterocycles. The van der Waals surface area contributed by atoms with E-state index in [1.165, 1.54) is 12.1 Å². The number of nitro groups is 2. The molecule has 0 spiro atoms. The van der Waals surface area contributed by atoms with E-state index in [9.17, 15) is 20.2 Å². The lowest BCUT2D eigenvalue weighted by Crippen LogP contribution is -2.25. The molecule has 0 heterocycles. The van der Waals surface area contributed by atoms with Crippen molar-refractivity contribution in [3.8, 4) is 11.5 Å². The van der Waals surface area contributed by atoms with E-state index in [1.54, 1.807) is 24.3 Å². The van der Waals surface area contributed by atoms with Crippen LogP contribution in [0.25, 0.3) is 0 Å². The maximum Gasteiger partial charge on any atom is 0.269 e. The molecule has 0 aliphatic heterocycles.